The predicted octanol–water partition coefficient (Wildman–Crippen LogP) is 5.03. The molecular formula is C18H25ClN2. The molecule has 0 aliphatic heterocycles. The molecule has 1 atom stereocenters. The lowest BCUT2D eigenvalue weighted by Gasteiger charge is -2.16. The van der Waals surface area contributed by atoms with Gasteiger partial charge in [0.25, 0.3) is 0 Å². The summed E-state index contributed by atoms with van der Waals surface area (Å²) in [7, 11) is 0. The van der Waals surface area contributed by atoms with E-state index in [0.717, 1.165) is 23.7 Å². The lowest BCUT2D eigenvalue weighted by Crippen LogP contribution is -2.21. The number of hydrogen-bond donors (Lipinski definition) is 1. The summed E-state index contributed by atoms with van der Waals surface area (Å²) < 4.78 is 2.22. The Balaban J connectivity index is 2.07. The Kier molecular flexibility index (Phi) is 6.34. The lowest BCUT2D eigenvalue weighted by atomic mass is 10.1. The van der Waals surface area contributed by atoms with Crippen LogP contribution < -0.4 is 5.32 Å². The average Bonchev–Trinajstić information content (AvgIpc) is 2.94. The average molecular weight is 305 g/mol. The summed E-state index contributed by atoms with van der Waals surface area (Å²) in [6, 6.07) is 10.7. The monoisotopic (exact) mass is 304 g/mol. The third-order valence-corrected chi connectivity index (χ3v) is 4.07. The van der Waals surface area contributed by atoms with E-state index in [0.29, 0.717) is 6.04 Å². The molecule has 2 aromatic rings. The first kappa shape index (κ1) is 16.1. The molecule has 0 spiro atoms. The smallest absolute Gasteiger partial charge is 0.0485 e. The Bertz CT molecular complexity index is 548. The zero-order valence-electron chi connectivity index (χ0n) is 13.0. The van der Waals surface area contributed by atoms with Crippen molar-refractivity contribution >= 4 is 11.6 Å². The van der Waals surface area contributed by atoms with Gasteiger partial charge in [0.15, 0.2) is 0 Å². The van der Waals surface area contributed by atoms with Gasteiger partial charge in [-0.2, -0.15) is 0 Å². The van der Waals surface area contributed by atoms with Crippen LogP contribution in [0.3, 0.4) is 0 Å². The first-order valence-corrected chi connectivity index (χ1v) is 8.24. The molecule has 21 heavy (non-hydrogen) atoms. The Morgan fingerprint density at radius 3 is 2.67 bits per heavy atom. The van der Waals surface area contributed by atoms with Crippen molar-refractivity contribution in [2.45, 2.75) is 45.7 Å². The molecule has 0 amide bonds. The van der Waals surface area contributed by atoms with E-state index in [1.165, 1.54) is 24.8 Å². The largest absolute Gasteiger partial charge is 0.350 e. The Morgan fingerprint density at radius 2 is 1.95 bits per heavy atom. The summed E-state index contributed by atoms with van der Waals surface area (Å²) >= 11 is 6.24. The van der Waals surface area contributed by atoms with Crippen LogP contribution in [0.25, 0.3) is 0 Å². The Hall–Kier alpha value is -1.25. The minimum Gasteiger partial charge on any atom is -0.350 e. The van der Waals surface area contributed by atoms with E-state index in [1.54, 1.807) is 0 Å². The summed E-state index contributed by atoms with van der Waals surface area (Å²) in [4.78, 5) is 0. The molecule has 1 aromatic carbocycles. The number of rotatable bonds is 8. The maximum Gasteiger partial charge on any atom is 0.0485 e. The van der Waals surface area contributed by atoms with Crippen molar-refractivity contribution in [1.82, 2.24) is 9.88 Å². The third kappa shape index (κ3) is 4.62. The zero-order chi connectivity index (χ0) is 15.1. The highest BCUT2D eigenvalue weighted by molar-refractivity contribution is 6.31. The Labute approximate surface area is 133 Å². The van der Waals surface area contributed by atoms with Crippen molar-refractivity contribution in [3.63, 3.8) is 0 Å². The summed E-state index contributed by atoms with van der Waals surface area (Å²) in [5.74, 6) is 0. The molecule has 1 heterocycles. The van der Waals surface area contributed by atoms with Crippen molar-refractivity contribution in [2.24, 2.45) is 0 Å². The fourth-order valence-electron chi connectivity index (χ4n) is 2.58. The molecule has 3 heteroatoms. The van der Waals surface area contributed by atoms with Crippen molar-refractivity contribution in [2.75, 3.05) is 6.54 Å². The fraction of sp³-hybridized carbons (Fsp3) is 0.444. The second kappa shape index (κ2) is 8.26. The van der Waals surface area contributed by atoms with Crippen molar-refractivity contribution < 1.29 is 0 Å². The van der Waals surface area contributed by atoms with Crippen LogP contribution in [-0.4, -0.2) is 11.1 Å². The van der Waals surface area contributed by atoms with E-state index in [2.05, 4.69) is 48.3 Å². The minimum atomic E-state index is 0.461. The summed E-state index contributed by atoms with van der Waals surface area (Å²) in [6.07, 6.45) is 7.93. The molecule has 0 saturated heterocycles. The van der Waals surface area contributed by atoms with Crippen molar-refractivity contribution in [1.29, 1.82) is 0 Å². The second-order valence-corrected chi connectivity index (χ2v) is 5.91. The predicted molar refractivity (Wildman–Crippen MR) is 90.9 cm³/mol. The van der Waals surface area contributed by atoms with E-state index in [9.17, 15) is 0 Å². The molecule has 0 radical (unpaired) electrons. The summed E-state index contributed by atoms with van der Waals surface area (Å²) in [5.41, 5.74) is 2.53. The van der Waals surface area contributed by atoms with Gasteiger partial charge >= 0.3 is 0 Å². The van der Waals surface area contributed by atoms with Gasteiger partial charge in [-0.3, -0.25) is 0 Å². The van der Waals surface area contributed by atoms with E-state index < -0.39 is 0 Å². The molecule has 0 bridgehead atoms. The van der Waals surface area contributed by atoms with Gasteiger partial charge in [0.2, 0.25) is 0 Å². The molecular weight excluding hydrogens is 280 g/mol. The van der Waals surface area contributed by atoms with Crippen molar-refractivity contribution in [3.8, 4) is 0 Å². The van der Waals surface area contributed by atoms with Gasteiger partial charge in [-0.05, 0) is 42.6 Å². The lowest BCUT2D eigenvalue weighted by molar-refractivity contribution is 0.493. The number of benzene rings is 1. The Morgan fingerprint density at radius 1 is 1.14 bits per heavy atom. The van der Waals surface area contributed by atoms with Gasteiger partial charge in [-0.1, -0.05) is 50.1 Å². The number of halogens is 1. The zero-order valence-corrected chi connectivity index (χ0v) is 13.7. The molecule has 0 fully saturated rings. The van der Waals surface area contributed by atoms with E-state index >= 15 is 0 Å². The van der Waals surface area contributed by atoms with E-state index in [4.69, 9.17) is 11.6 Å². The fourth-order valence-corrected chi connectivity index (χ4v) is 2.78. The molecule has 114 valence electrons. The van der Waals surface area contributed by atoms with Crippen LogP contribution in [0.2, 0.25) is 5.02 Å². The topological polar surface area (TPSA) is 17.0 Å². The van der Waals surface area contributed by atoms with Crippen molar-refractivity contribution in [3.05, 3.63) is 58.9 Å². The number of aromatic nitrogens is 1. The molecule has 1 unspecified atom stereocenters. The van der Waals surface area contributed by atoms with Gasteiger partial charge in [0, 0.05) is 30.0 Å². The van der Waals surface area contributed by atoms with Gasteiger partial charge < -0.3 is 9.88 Å². The first-order chi connectivity index (χ1) is 10.2. The minimum absolute atomic E-state index is 0.461. The molecule has 0 saturated carbocycles. The SMILES string of the molecule is CCCNC(CCC)c1ccn(Cc2ccccc2Cl)c1. The van der Waals surface area contributed by atoms with Gasteiger partial charge in [-0.15, -0.1) is 0 Å². The third-order valence-electron chi connectivity index (χ3n) is 3.70. The standard InChI is InChI=1S/C18H25ClN2/c1-3-7-18(20-11-4-2)16-10-12-21(14-16)13-15-8-5-6-9-17(15)19/h5-6,8-10,12,14,18,20H,3-4,7,11,13H2,1-2H3. The molecule has 0 aliphatic carbocycles. The number of nitrogens with zero attached hydrogens (tertiary/aromatic N) is 1. The molecule has 1 N–H and O–H groups in total. The van der Waals surface area contributed by atoms with E-state index in [1.807, 2.05) is 18.2 Å². The second-order valence-electron chi connectivity index (χ2n) is 5.50. The van der Waals surface area contributed by atoms with Gasteiger partial charge in [0.1, 0.15) is 0 Å². The number of hydrogen-bond acceptors (Lipinski definition) is 1. The number of nitrogens with one attached hydrogen (secondary N) is 1. The highest BCUT2D eigenvalue weighted by Crippen LogP contribution is 2.21. The molecule has 2 rings (SSSR count). The van der Waals surface area contributed by atoms with Crippen LogP contribution in [0.4, 0.5) is 0 Å². The van der Waals surface area contributed by atoms with Gasteiger partial charge in [-0.25, -0.2) is 0 Å². The quantitative estimate of drug-likeness (QED) is 0.723. The van der Waals surface area contributed by atoms with Crippen LogP contribution in [0.15, 0.2) is 42.7 Å². The van der Waals surface area contributed by atoms with Crippen LogP contribution in [0.5, 0.6) is 0 Å². The van der Waals surface area contributed by atoms with Gasteiger partial charge in [0.05, 0.1) is 0 Å². The molecule has 0 aliphatic rings. The van der Waals surface area contributed by atoms with Crippen LogP contribution in [0, 0.1) is 0 Å². The normalized spacial score (nSPS) is 12.5. The first-order valence-electron chi connectivity index (χ1n) is 7.87. The van der Waals surface area contributed by atoms with E-state index in [-0.39, 0.29) is 0 Å². The molecule has 2 nitrogen and oxygen atoms in total. The highest BCUT2D eigenvalue weighted by atomic mass is 35.5. The highest BCUT2D eigenvalue weighted by Gasteiger charge is 2.11. The summed E-state index contributed by atoms with van der Waals surface area (Å²) in [6.45, 7) is 6.34. The molecule has 1 aromatic heterocycles. The van der Waals surface area contributed by atoms with Crippen LogP contribution >= 0.6 is 11.6 Å². The maximum absolute atomic E-state index is 6.24. The van der Waals surface area contributed by atoms with Crippen LogP contribution in [-0.2, 0) is 6.54 Å². The van der Waals surface area contributed by atoms with Crippen LogP contribution in [0.1, 0.15) is 50.3 Å². The maximum atomic E-state index is 6.24. The summed E-state index contributed by atoms with van der Waals surface area (Å²) in [5, 5.41) is 4.47.